The van der Waals surface area contributed by atoms with E-state index in [0.29, 0.717) is 0 Å². The lowest BCUT2D eigenvalue weighted by Gasteiger charge is -2.20. The largest absolute Gasteiger partial charge is 0.762 e. The average molecular weight is 416 g/mol. The fraction of sp³-hybridized carbons (Fsp3) is 0.529. The Morgan fingerprint density at radius 2 is 1.26 bits per heavy atom. The number of thiophene rings is 1. The zero-order chi connectivity index (χ0) is 21.0. The minimum absolute atomic E-state index is 0. The summed E-state index contributed by atoms with van der Waals surface area (Å²) < 4.78 is 63.9. The zero-order valence-corrected chi connectivity index (χ0v) is 17.3. The molecule has 0 amide bonds. The van der Waals surface area contributed by atoms with E-state index in [2.05, 4.69) is 26.0 Å². The standard InChI is InChI=1S/C15H21BF2S.C2H5F.BF3.H2O/c1-6-9-14(2,3)12-7-8-13(19-12)15(4,5)10-11-16(17)18;1-2-3;2-1(3)4;/h6-11H,1-5H3;2H2,1H3;;1H2/b9-6+,11-10+;;;. The molecule has 0 saturated heterocycles. The minimum atomic E-state index is -3.67. The molecule has 0 atom stereocenters. The molecular formula is C17H28B2F6OS. The van der Waals surface area contributed by atoms with Gasteiger partial charge >= 0.3 is 14.8 Å². The first-order chi connectivity index (χ1) is 11.8. The van der Waals surface area contributed by atoms with Gasteiger partial charge in [-0.3, -0.25) is 26.0 Å². The van der Waals surface area contributed by atoms with E-state index in [-0.39, 0.29) is 23.0 Å². The van der Waals surface area contributed by atoms with Crippen LogP contribution in [0.3, 0.4) is 0 Å². The molecule has 2 N–H and O–H groups in total. The van der Waals surface area contributed by atoms with E-state index in [1.54, 1.807) is 17.4 Å². The van der Waals surface area contributed by atoms with Gasteiger partial charge in [0, 0.05) is 20.6 Å². The number of halogens is 6. The van der Waals surface area contributed by atoms with E-state index in [1.165, 1.54) is 11.8 Å². The second-order valence-corrected chi connectivity index (χ2v) is 7.40. The molecule has 10 heteroatoms. The molecule has 0 radical (unpaired) electrons. The van der Waals surface area contributed by atoms with Gasteiger partial charge in [-0.1, -0.05) is 45.9 Å². The molecule has 1 heterocycles. The molecule has 0 aliphatic carbocycles. The molecule has 1 aromatic heterocycles. The van der Waals surface area contributed by atoms with Crippen LogP contribution in [0.15, 0.2) is 36.3 Å². The fourth-order valence-corrected chi connectivity index (χ4v) is 3.10. The van der Waals surface area contributed by atoms with Gasteiger partial charge in [0.1, 0.15) is 0 Å². The Bertz CT molecular complexity index is 543. The van der Waals surface area contributed by atoms with E-state index in [1.807, 2.05) is 32.9 Å². The topological polar surface area (TPSA) is 31.5 Å². The van der Waals surface area contributed by atoms with Gasteiger partial charge in [-0.05, 0) is 32.0 Å². The summed E-state index contributed by atoms with van der Waals surface area (Å²) in [7, 11) is -6.06. The Labute approximate surface area is 163 Å². The van der Waals surface area contributed by atoms with Crippen LogP contribution in [0.4, 0.5) is 26.0 Å². The van der Waals surface area contributed by atoms with Crippen molar-refractivity contribution < 1.29 is 31.4 Å². The highest BCUT2D eigenvalue weighted by molar-refractivity contribution is 7.12. The van der Waals surface area contributed by atoms with Crippen molar-refractivity contribution in [1.29, 1.82) is 0 Å². The van der Waals surface area contributed by atoms with Crippen molar-refractivity contribution in [3.8, 4) is 0 Å². The van der Waals surface area contributed by atoms with Crippen LogP contribution in [0.5, 0.6) is 0 Å². The fourth-order valence-electron chi connectivity index (χ4n) is 1.92. The Morgan fingerprint density at radius 3 is 1.56 bits per heavy atom. The van der Waals surface area contributed by atoms with E-state index in [9.17, 15) is 26.0 Å². The van der Waals surface area contributed by atoms with Crippen LogP contribution in [0, 0.1) is 0 Å². The normalized spacial score (nSPS) is 11.3. The summed E-state index contributed by atoms with van der Waals surface area (Å²) in [5.41, 5.74) is -0.370. The third-order valence-electron chi connectivity index (χ3n) is 3.12. The van der Waals surface area contributed by atoms with E-state index >= 15 is 0 Å². The number of alkyl halides is 1. The van der Waals surface area contributed by atoms with Gasteiger partial charge in [0.2, 0.25) is 0 Å². The molecule has 0 aliphatic rings. The van der Waals surface area contributed by atoms with Gasteiger partial charge < -0.3 is 5.48 Å². The second kappa shape index (κ2) is 14.9. The van der Waals surface area contributed by atoms with Crippen LogP contribution in [0.1, 0.15) is 51.3 Å². The van der Waals surface area contributed by atoms with Crippen LogP contribution in [-0.4, -0.2) is 27.0 Å². The third-order valence-corrected chi connectivity index (χ3v) is 4.88. The van der Waals surface area contributed by atoms with Crippen molar-refractivity contribution in [1.82, 2.24) is 0 Å². The lowest BCUT2D eigenvalue weighted by atomic mass is 9.86. The Hall–Kier alpha value is -1.15. The first-order valence-corrected chi connectivity index (χ1v) is 8.86. The molecular weight excluding hydrogens is 388 g/mol. The second-order valence-electron chi connectivity index (χ2n) is 6.32. The summed E-state index contributed by atoms with van der Waals surface area (Å²) in [6.07, 6.45) is 5.79. The van der Waals surface area contributed by atoms with Gasteiger partial charge in [-0.25, -0.2) is 0 Å². The van der Waals surface area contributed by atoms with Crippen LogP contribution < -0.4 is 0 Å². The number of allylic oxidation sites excluding steroid dienone is 3. The molecule has 0 aliphatic heterocycles. The number of hydrogen-bond acceptors (Lipinski definition) is 1. The molecule has 1 nitrogen and oxygen atoms in total. The van der Waals surface area contributed by atoms with E-state index < -0.39 is 14.8 Å². The summed E-state index contributed by atoms with van der Waals surface area (Å²) in [6.45, 7) is 11.5. The Kier molecular flexibility index (Phi) is 16.8. The highest BCUT2D eigenvalue weighted by atomic mass is 32.1. The van der Waals surface area contributed by atoms with E-state index in [4.69, 9.17) is 0 Å². The Morgan fingerprint density at radius 1 is 0.926 bits per heavy atom. The summed E-state index contributed by atoms with van der Waals surface area (Å²) in [4.78, 5) is 2.36. The quantitative estimate of drug-likeness (QED) is 0.301. The minimum Gasteiger partial charge on any atom is -0.412 e. The molecule has 0 bridgehead atoms. The van der Waals surface area contributed by atoms with Crippen molar-refractivity contribution in [3.63, 3.8) is 0 Å². The van der Waals surface area contributed by atoms with Crippen LogP contribution in [-0.2, 0) is 10.8 Å². The molecule has 0 aromatic carbocycles. The maximum Gasteiger partial charge on any atom is 0.762 e. The molecule has 0 fully saturated rings. The highest BCUT2D eigenvalue weighted by Crippen LogP contribution is 2.37. The van der Waals surface area contributed by atoms with Crippen molar-refractivity contribution in [3.05, 3.63) is 46.1 Å². The van der Waals surface area contributed by atoms with Crippen molar-refractivity contribution in [2.24, 2.45) is 0 Å². The zero-order valence-electron chi connectivity index (χ0n) is 16.5. The predicted octanol–water partition coefficient (Wildman–Crippen LogP) is 6.43. The molecule has 1 rings (SSSR count). The highest BCUT2D eigenvalue weighted by Gasteiger charge is 2.25. The van der Waals surface area contributed by atoms with Crippen molar-refractivity contribution >= 4 is 26.1 Å². The van der Waals surface area contributed by atoms with Gasteiger partial charge in [0.25, 0.3) is 0 Å². The molecule has 156 valence electrons. The summed E-state index contributed by atoms with van der Waals surface area (Å²) in [5, 5.41) is 0. The number of hydrogen-bond donors (Lipinski definition) is 0. The monoisotopic (exact) mass is 416 g/mol. The van der Waals surface area contributed by atoms with Gasteiger partial charge in [-0.2, -0.15) is 0 Å². The molecule has 0 spiro atoms. The molecule has 27 heavy (non-hydrogen) atoms. The first kappa shape index (κ1) is 30.6. The van der Waals surface area contributed by atoms with Crippen molar-refractivity contribution in [2.45, 2.75) is 52.4 Å². The predicted molar refractivity (Wildman–Crippen MR) is 107 cm³/mol. The lowest BCUT2D eigenvalue weighted by Crippen LogP contribution is -2.13. The van der Waals surface area contributed by atoms with Gasteiger partial charge in [-0.15, -0.1) is 11.3 Å². The molecule has 0 unspecified atom stereocenters. The third kappa shape index (κ3) is 14.6. The van der Waals surface area contributed by atoms with Crippen LogP contribution in [0.25, 0.3) is 0 Å². The smallest absolute Gasteiger partial charge is 0.412 e. The van der Waals surface area contributed by atoms with Gasteiger partial charge in [0.05, 0.1) is 6.67 Å². The first-order valence-electron chi connectivity index (χ1n) is 8.04. The molecule has 1 aromatic rings. The van der Waals surface area contributed by atoms with Gasteiger partial charge in [0.15, 0.2) is 0 Å². The maximum atomic E-state index is 12.3. The molecule has 0 saturated carbocycles. The lowest BCUT2D eigenvalue weighted by molar-refractivity contribution is 0.527. The number of rotatable bonds is 5. The average Bonchev–Trinajstić information content (AvgIpc) is 2.97. The van der Waals surface area contributed by atoms with Crippen molar-refractivity contribution in [2.75, 3.05) is 6.67 Å². The summed E-state index contributed by atoms with van der Waals surface area (Å²) in [6, 6.07) is 4.14. The Balaban J connectivity index is -0.000000621. The maximum absolute atomic E-state index is 12.3. The summed E-state index contributed by atoms with van der Waals surface area (Å²) in [5.74, 6) is 0.969. The van der Waals surface area contributed by atoms with Crippen LogP contribution >= 0.6 is 11.3 Å². The SMILES string of the molecule is C/C=C/C(C)(C)c1ccc(C(C)(C)/C=C/B(F)F)s1.CCF.FB(F)F.O. The van der Waals surface area contributed by atoms with Crippen LogP contribution in [0.2, 0.25) is 0 Å². The summed E-state index contributed by atoms with van der Waals surface area (Å²) >= 11 is 1.69. The van der Waals surface area contributed by atoms with E-state index in [0.717, 1.165) is 10.9 Å².